The van der Waals surface area contributed by atoms with Crippen LogP contribution in [0.25, 0.3) is 101 Å². The van der Waals surface area contributed by atoms with E-state index in [1.807, 2.05) is 37.3 Å². The van der Waals surface area contributed by atoms with Crippen LogP contribution in [0.5, 0.6) is 0 Å². The Hall–Kier alpha value is -6.98. The third kappa shape index (κ3) is 4.85. The Kier molecular flexibility index (Phi) is 7.18. The molecule has 9 aromatic rings. The Labute approximate surface area is 305 Å². The van der Waals surface area contributed by atoms with Crippen LogP contribution in [0.1, 0.15) is 30.2 Å². The summed E-state index contributed by atoms with van der Waals surface area (Å²) in [6.45, 7) is 6.24. The van der Waals surface area contributed by atoms with Gasteiger partial charge in [0.2, 0.25) is 0 Å². The second-order valence-electron chi connectivity index (χ2n) is 13.2. The first-order valence-corrected chi connectivity index (χ1v) is 17.9. The predicted molar refractivity (Wildman–Crippen MR) is 220 cm³/mol. The van der Waals surface area contributed by atoms with Gasteiger partial charge in [0.1, 0.15) is 22.3 Å². The molecule has 4 aromatic heterocycles. The van der Waals surface area contributed by atoms with Crippen LogP contribution in [0.4, 0.5) is 0 Å². The van der Waals surface area contributed by atoms with E-state index in [4.69, 9.17) is 18.8 Å². The first-order chi connectivity index (χ1) is 26.2. The Bertz CT molecular complexity index is 3070. The van der Waals surface area contributed by atoms with Crippen molar-refractivity contribution in [3.63, 3.8) is 0 Å². The van der Waals surface area contributed by atoms with E-state index < -0.39 is 0 Å². The third-order valence-corrected chi connectivity index (χ3v) is 10.2. The van der Waals surface area contributed by atoms with E-state index >= 15 is 0 Å². The minimum Gasteiger partial charge on any atom is -0.456 e. The Morgan fingerprint density at radius 2 is 1.49 bits per heavy atom. The highest BCUT2D eigenvalue weighted by atomic mass is 16.3. The highest BCUT2D eigenvalue weighted by Gasteiger charge is 2.24. The van der Waals surface area contributed by atoms with Crippen molar-refractivity contribution in [2.75, 3.05) is 0 Å². The van der Waals surface area contributed by atoms with E-state index in [1.165, 1.54) is 0 Å². The van der Waals surface area contributed by atoms with Crippen LogP contribution in [0.2, 0.25) is 0 Å². The van der Waals surface area contributed by atoms with Crippen LogP contribution >= 0.6 is 0 Å². The van der Waals surface area contributed by atoms with Crippen molar-refractivity contribution in [3.05, 3.63) is 169 Å². The molecule has 0 amide bonds. The summed E-state index contributed by atoms with van der Waals surface area (Å²) in [5, 5.41) is 4.17. The molecule has 0 unspecified atom stereocenters. The van der Waals surface area contributed by atoms with Gasteiger partial charge in [0.15, 0.2) is 17.2 Å². The van der Waals surface area contributed by atoms with Gasteiger partial charge in [-0.15, -0.1) is 0 Å². The molecule has 0 N–H and O–H groups in total. The lowest BCUT2D eigenvalue weighted by atomic mass is 9.98. The van der Waals surface area contributed by atoms with Gasteiger partial charge in [0, 0.05) is 32.7 Å². The SMILES string of the molecule is C=Cc1c(/C=C\C)n(-c2nc(-c3ccccc3C3=CC=CCC=C3)nc3c2oc2ccc(-c4cccc5oc6ccccc6c45)cc23)c2ccccc12. The fraction of sp³-hybridized carbons (Fsp3) is 0.0417. The summed E-state index contributed by atoms with van der Waals surface area (Å²) >= 11 is 0. The molecule has 0 atom stereocenters. The Balaban J connectivity index is 1.30. The first kappa shape index (κ1) is 30.8. The molecule has 5 aromatic carbocycles. The summed E-state index contributed by atoms with van der Waals surface area (Å²) in [4.78, 5) is 10.8. The maximum atomic E-state index is 6.80. The number of aromatic nitrogens is 3. The van der Waals surface area contributed by atoms with Crippen LogP contribution in [-0.4, -0.2) is 14.5 Å². The van der Waals surface area contributed by atoms with Crippen LogP contribution in [0.3, 0.4) is 0 Å². The molecule has 0 radical (unpaired) electrons. The standard InChI is InChI=1S/C48H33N3O2/c1-3-16-39-32(4-2)35-20-11-13-24-40(35)51(39)48-46-45(49-47(50-48)36-21-10-9-19-33(36)30-17-7-5-6-8-18-30)38-29-31(27-28-42(38)53-46)34-23-15-26-43-44(34)37-22-12-14-25-41(37)52-43/h3-5,7-29H,2,6H2,1H3/b16-3-. The normalized spacial score (nSPS) is 13.3. The molecule has 53 heavy (non-hydrogen) atoms. The number of benzene rings is 5. The minimum atomic E-state index is 0.615. The van der Waals surface area contributed by atoms with Crippen LogP contribution in [0.15, 0.2) is 161 Å². The summed E-state index contributed by atoms with van der Waals surface area (Å²) in [5.41, 5.74) is 12.1. The fourth-order valence-corrected chi connectivity index (χ4v) is 7.82. The van der Waals surface area contributed by atoms with Crippen molar-refractivity contribution in [2.45, 2.75) is 13.3 Å². The van der Waals surface area contributed by atoms with E-state index in [0.29, 0.717) is 17.2 Å². The van der Waals surface area contributed by atoms with Gasteiger partial charge in [-0.3, -0.25) is 4.57 Å². The van der Waals surface area contributed by atoms with Gasteiger partial charge < -0.3 is 8.83 Å². The summed E-state index contributed by atoms with van der Waals surface area (Å²) in [6.07, 6.45) is 17.8. The summed E-state index contributed by atoms with van der Waals surface area (Å²) < 4.78 is 15.3. The molecular formula is C48H33N3O2. The van der Waals surface area contributed by atoms with Gasteiger partial charge in [-0.25, -0.2) is 9.97 Å². The summed E-state index contributed by atoms with van der Waals surface area (Å²) in [7, 11) is 0. The van der Waals surface area contributed by atoms with Crippen molar-refractivity contribution < 1.29 is 8.83 Å². The van der Waals surface area contributed by atoms with Crippen LogP contribution in [-0.2, 0) is 0 Å². The minimum absolute atomic E-state index is 0.615. The molecule has 0 aliphatic heterocycles. The quantitative estimate of drug-likeness (QED) is 0.175. The topological polar surface area (TPSA) is 57.0 Å². The largest absolute Gasteiger partial charge is 0.456 e. The maximum absolute atomic E-state index is 6.80. The average molecular weight is 684 g/mol. The van der Waals surface area contributed by atoms with Crippen LogP contribution in [0, 0.1) is 0 Å². The summed E-state index contributed by atoms with van der Waals surface area (Å²) in [6, 6.07) is 37.6. The molecule has 0 bridgehead atoms. The molecule has 0 spiro atoms. The second-order valence-corrected chi connectivity index (χ2v) is 13.2. The van der Waals surface area contributed by atoms with Crippen LogP contribution < -0.4 is 0 Å². The number of hydrogen-bond acceptors (Lipinski definition) is 4. The molecule has 0 saturated heterocycles. The lowest BCUT2D eigenvalue weighted by molar-refractivity contribution is 0.661. The van der Waals surface area contributed by atoms with Gasteiger partial charge in [-0.05, 0) is 72.0 Å². The zero-order valence-electron chi connectivity index (χ0n) is 29.1. The number of fused-ring (bicyclic) bond motifs is 7. The highest BCUT2D eigenvalue weighted by molar-refractivity contribution is 6.14. The molecule has 1 aliphatic rings. The van der Waals surface area contributed by atoms with E-state index in [9.17, 15) is 0 Å². The fourth-order valence-electron chi connectivity index (χ4n) is 7.82. The van der Waals surface area contributed by atoms with E-state index in [0.717, 1.165) is 94.8 Å². The lowest BCUT2D eigenvalue weighted by Crippen LogP contribution is -2.04. The number of furan rings is 2. The van der Waals surface area contributed by atoms with Crippen molar-refractivity contribution >= 4 is 72.6 Å². The van der Waals surface area contributed by atoms with Gasteiger partial charge in [0.05, 0.1) is 11.2 Å². The van der Waals surface area contributed by atoms with Crippen molar-refractivity contribution in [1.82, 2.24) is 14.5 Å². The van der Waals surface area contributed by atoms with E-state index in [-0.39, 0.29) is 0 Å². The number of rotatable bonds is 6. The second kappa shape index (κ2) is 12.4. The average Bonchev–Trinajstić information content (AvgIpc) is 3.78. The zero-order chi connectivity index (χ0) is 35.5. The summed E-state index contributed by atoms with van der Waals surface area (Å²) in [5.74, 6) is 1.29. The maximum Gasteiger partial charge on any atom is 0.197 e. The lowest BCUT2D eigenvalue weighted by Gasteiger charge is -2.13. The molecule has 4 heterocycles. The molecule has 10 rings (SSSR count). The number of nitrogens with zero attached hydrogens (tertiary/aromatic N) is 3. The highest BCUT2D eigenvalue weighted by Crippen LogP contribution is 2.42. The van der Waals surface area contributed by atoms with Gasteiger partial charge in [0.25, 0.3) is 0 Å². The first-order valence-electron chi connectivity index (χ1n) is 17.9. The molecule has 5 heteroatoms. The van der Waals surface area contributed by atoms with Crippen molar-refractivity contribution in [2.24, 2.45) is 0 Å². The van der Waals surface area contributed by atoms with Gasteiger partial charge >= 0.3 is 0 Å². The van der Waals surface area contributed by atoms with E-state index in [2.05, 4.69) is 139 Å². The predicted octanol–water partition coefficient (Wildman–Crippen LogP) is 13.1. The molecule has 0 saturated carbocycles. The third-order valence-electron chi connectivity index (χ3n) is 10.2. The molecular weight excluding hydrogens is 651 g/mol. The monoisotopic (exact) mass is 683 g/mol. The zero-order valence-corrected chi connectivity index (χ0v) is 29.1. The number of hydrogen-bond donors (Lipinski definition) is 0. The van der Waals surface area contributed by atoms with Crippen molar-refractivity contribution in [1.29, 1.82) is 0 Å². The van der Waals surface area contributed by atoms with Gasteiger partial charge in [-0.2, -0.15) is 0 Å². The van der Waals surface area contributed by atoms with Gasteiger partial charge in [-0.1, -0.05) is 128 Å². The molecule has 1 aliphatic carbocycles. The number of allylic oxidation sites excluding steroid dienone is 7. The molecule has 5 nitrogen and oxygen atoms in total. The Morgan fingerprint density at radius 3 is 2.38 bits per heavy atom. The van der Waals surface area contributed by atoms with Crippen molar-refractivity contribution in [3.8, 4) is 28.3 Å². The molecule has 0 fully saturated rings. The number of para-hydroxylation sites is 2. The smallest absolute Gasteiger partial charge is 0.197 e. The van der Waals surface area contributed by atoms with E-state index in [1.54, 1.807) is 0 Å². The Morgan fingerprint density at radius 1 is 0.717 bits per heavy atom. The molecule has 252 valence electrons.